The minimum atomic E-state index is -0.0730. The van der Waals surface area contributed by atoms with Gasteiger partial charge in [-0.2, -0.15) is 11.8 Å². The molecule has 1 aliphatic rings. The normalized spacial score (nSPS) is 16.8. The maximum atomic E-state index is 12.2. The summed E-state index contributed by atoms with van der Waals surface area (Å²) in [5.41, 5.74) is 1.89. The Morgan fingerprint density at radius 2 is 2.17 bits per heavy atom. The van der Waals surface area contributed by atoms with E-state index >= 15 is 0 Å². The Morgan fingerprint density at radius 1 is 1.29 bits per heavy atom. The van der Waals surface area contributed by atoms with Crippen molar-refractivity contribution in [2.24, 2.45) is 0 Å². The Morgan fingerprint density at radius 3 is 2.96 bits per heavy atom. The van der Waals surface area contributed by atoms with E-state index in [1.807, 2.05) is 30.0 Å². The van der Waals surface area contributed by atoms with Gasteiger partial charge in [-0.05, 0) is 36.6 Å². The number of benzene rings is 1. The highest BCUT2D eigenvalue weighted by Gasteiger charge is 2.18. The van der Waals surface area contributed by atoms with Crippen molar-refractivity contribution in [3.63, 3.8) is 0 Å². The van der Waals surface area contributed by atoms with Gasteiger partial charge >= 0.3 is 0 Å². The third-order valence-electron chi connectivity index (χ3n) is 3.94. The molecule has 4 nitrogen and oxygen atoms in total. The molecule has 0 bridgehead atoms. The zero-order valence-corrected chi connectivity index (χ0v) is 14.4. The van der Waals surface area contributed by atoms with Crippen molar-refractivity contribution in [1.82, 2.24) is 10.3 Å². The summed E-state index contributed by atoms with van der Waals surface area (Å²) in [7, 11) is 0. The Kier molecular flexibility index (Phi) is 6.13. The molecule has 2 aromatic rings. The summed E-state index contributed by atoms with van der Waals surface area (Å²) < 4.78 is 5.84. The van der Waals surface area contributed by atoms with Gasteiger partial charge in [-0.3, -0.25) is 4.79 Å². The van der Waals surface area contributed by atoms with E-state index in [0.29, 0.717) is 18.0 Å². The summed E-state index contributed by atoms with van der Waals surface area (Å²) >= 11 is 1.89. The number of rotatable bonds is 7. The van der Waals surface area contributed by atoms with Crippen LogP contribution in [0.25, 0.3) is 0 Å². The minimum Gasteiger partial charge on any atom is -0.473 e. The van der Waals surface area contributed by atoms with Crippen LogP contribution in [-0.4, -0.2) is 35.0 Å². The molecule has 0 radical (unpaired) electrons. The predicted octanol–water partition coefficient (Wildman–Crippen LogP) is 3.33. The summed E-state index contributed by atoms with van der Waals surface area (Å²) in [5, 5.41) is 2.96. The molecule has 126 valence electrons. The molecule has 5 heteroatoms. The second-order valence-electron chi connectivity index (χ2n) is 5.83. The second-order valence-corrected chi connectivity index (χ2v) is 6.98. The Balaban J connectivity index is 1.46. The van der Waals surface area contributed by atoms with Crippen LogP contribution in [0, 0.1) is 0 Å². The van der Waals surface area contributed by atoms with E-state index in [9.17, 15) is 4.79 Å². The molecular formula is C19H22N2O2S. The van der Waals surface area contributed by atoms with E-state index in [1.165, 1.54) is 5.56 Å². The maximum Gasteiger partial charge on any atom is 0.251 e. The number of aryl methyl sites for hydroxylation is 1. The molecule has 1 atom stereocenters. The quantitative estimate of drug-likeness (QED) is 0.784. The number of nitrogens with zero attached hydrogens (tertiary/aromatic N) is 1. The molecule has 0 aliphatic carbocycles. The summed E-state index contributed by atoms with van der Waals surface area (Å²) in [4.78, 5) is 16.5. The maximum absolute atomic E-state index is 12.2. The van der Waals surface area contributed by atoms with Crippen LogP contribution >= 0.6 is 11.8 Å². The van der Waals surface area contributed by atoms with E-state index in [4.69, 9.17) is 4.74 Å². The molecule has 1 aliphatic heterocycles. The van der Waals surface area contributed by atoms with Crippen LogP contribution in [0.5, 0.6) is 5.88 Å². The first kappa shape index (κ1) is 16.8. The number of amides is 1. The molecule has 1 aromatic carbocycles. The predicted molar refractivity (Wildman–Crippen MR) is 97.7 cm³/mol. The van der Waals surface area contributed by atoms with Crippen LogP contribution in [0.1, 0.15) is 28.8 Å². The van der Waals surface area contributed by atoms with Crippen molar-refractivity contribution in [3.05, 3.63) is 59.8 Å². The highest BCUT2D eigenvalue weighted by Crippen LogP contribution is 2.22. The van der Waals surface area contributed by atoms with Crippen molar-refractivity contribution < 1.29 is 9.53 Å². The lowest BCUT2D eigenvalue weighted by Gasteiger charge is -2.12. The van der Waals surface area contributed by atoms with Gasteiger partial charge < -0.3 is 10.1 Å². The van der Waals surface area contributed by atoms with Crippen LogP contribution in [0.2, 0.25) is 0 Å². The lowest BCUT2D eigenvalue weighted by Crippen LogP contribution is -2.25. The van der Waals surface area contributed by atoms with Gasteiger partial charge in [0.1, 0.15) is 6.10 Å². The molecule has 3 rings (SSSR count). The van der Waals surface area contributed by atoms with Crippen LogP contribution in [-0.2, 0) is 6.42 Å². The molecular weight excluding hydrogens is 320 g/mol. The second kappa shape index (κ2) is 8.73. The van der Waals surface area contributed by atoms with E-state index in [0.717, 1.165) is 30.8 Å². The van der Waals surface area contributed by atoms with Gasteiger partial charge in [-0.15, -0.1) is 0 Å². The average molecular weight is 342 g/mol. The first-order valence-corrected chi connectivity index (χ1v) is 9.49. The number of ether oxygens (including phenoxy) is 1. The zero-order valence-electron chi connectivity index (χ0n) is 13.6. The van der Waals surface area contributed by atoms with E-state index < -0.39 is 0 Å². The van der Waals surface area contributed by atoms with Gasteiger partial charge in [-0.25, -0.2) is 4.98 Å². The number of carbonyl (C=O) groups is 1. The fourth-order valence-electron chi connectivity index (χ4n) is 2.63. The average Bonchev–Trinajstić information content (AvgIpc) is 3.13. The van der Waals surface area contributed by atoms with Crippen LogP contribution < -0.4 is 10.1 Å². The van der Waals surface area contributed by atoms with Gasteiger partial charge in [0.05, 0.1) is 0 Å². The highest BCUT2D eigenvalue weighted by molar-refractivity contribution is 7.99. The summed E-state index contributed by atoms with van der Waals surface area (Å²) in [6, 6.07) is 13.8. The first-order chi connectivity index (χ1) is 11.8. The number of thioether (sulfide) groups is 1. The Hall–Kier alpha value is -2.01. The number of aromatic nitrogens is 1. The Bertz CT molecular complexity index is 657. The molecule has 1 N–H and O–H groups in total. The van der Waals surface area contributed by atoms with Gasteiger partial charge in [0.15, 0.2) is 0 Å². The smallest absolute Gasteiger partial charge is 0.251 e. The monoisotopic (exact) mass is 342 g/mol. The van der Waals surface area contributed by atoms with Crippen molar-refractivity contribution in [2.75, 3.05) is 18.1 Å². The van der Waals surface area contributed by atoms with Crippen LogP contribution in [0.15, 0.2) is 48.7 Å². The molecule has 24 heavy (non-hydrogen) atoms. The van der Waals surface area contributed by atoms with E-state index in [-0.39, 0.29) is 12.0 Å². The first-order valence-electron chi connectivity index (χ1n) is 8.34. The molecule has 1 fully saturated rings. The van der Waals surface area contributed by atoms with Gasteiger partial charge in [-0.1, -0.05) is 30.3 Å². The van der Waals surface area contributed by atoms with Gasteiger partial charge in [0.2, 0.25) is 5.88 Å². The fraction of sp³-hybridized carbons (Fsp3) is 0.368. The van der Waals surface area contributed by atoms with E-state index in [1.54, 1.807) is 18.3 Å². The molecule has 0 unspecified atom stereocenters. The third kappa shape index (κ3) is 4.99. The van der Waals surface area contributed by atoms with Crippen molar-refractivity contribution in [1.29, 1.82) is 0 Å². The molecule has 1 saturated heterocycles. The summed E-state index contributed by atoms with van der Waals surface area (Å²) in [6.45, 7) is 0.658. The number of hydrogen-bond donors (Lipinski definition) is 1. The molecule has 1 amide bonds. The van der Waals surface area contributed by atoms with Gasteiger partial charge in [0.25, 0.3) is 5.91 Å². The van der Waals surface area contributed by atoms with E-state index in [2.05, 4.69) is 22.4 Å². The Labute approximate surface area is 147 Å². The van der Waals surface area contributed by atoms with Crippen LogP contribution in [0.4, 0.5) is 0 Å². The topological polar surface area (TPSA) is 51.2 Å². The van der Waals surface area contributed by atoms with Crippen molar-refractivity contribution in [3.8, 4) is 5.88 Å². The minimum absolute atomic E-state index is 0.0730. The molecule has 0 saturated carbocycles. The number of carbonyl (C=O) groups excluding carboxylic acids is 1. The summed E-state index contributed by atoms with van der Waals surface area (Å²) in [5.74, 6) is 2.60. The largest absolute Gasteiger partial charge is 0.473 e. The van der Waals surface area contributed by atoms with Crippen molar-refractivity contribution >= 4 is 17.7 Å². The fourth-order valence-corrected chi connectivity index (χ4v) is 3.73. The molecule has 1 aromatic heterocycles. The molecule has 0 spiro atoms. The lowest BCUT2D eigenvalue weighted by atomic mass is 10.1. The highest BCUT2D eigenvalue weighted by atomic mass is 32.2. The van der Waals surface area contributed by atoms with Crippen LogP contribution in [0.3, 0.4) is 0 Å². The number of pyridine rings is 1. The third-order valence-corrected chi connectivity index (χ3v) is 5.07. The van der Waals surface area contributed by atoms with Crippen molar-refractivity contribution in [2.45, 2.75) is 25.4 Å². The number of nitrogens with one attached hydrogen (secondary N) is 1. The zero-order chi connectivity index (χ0) is 16.6. The summed E-state index contributed by atoms with van der Waals surface area (Å²) in [6.07, 6.45) is 4.78. The SMILES string of the molecule is O=C(NCCCc1ccccc1)c1ccnc(O[C@H]2CCSC2)c1. The molecule has 2 heterocycles. The standard InChI is InChI=1S/C19H22N2O2S/c22-19(21-10-4-7-15-5-2-1-3-6-15)16-8-11-20-18(13-16)23-17-9-12-24-14-17/h1-3,5-6,8,11,13,17H,4,7,9-10,12,14H2,(H,21,22)/t17-/m0/s1. The lowest BCUT2D eigenvalue weighted by molar-refractivity contribution is 0.0952. The van der Waals surface area contributed by atoms with Gasteiger partial charge in [0, 0.05) is 30.1 Å². The number of hydrogen-bond acceptors (Lipinski definition) is 4.